The van der Waals surface area contributed by atoms with Crippen LogP contribution in [0.15, 0.2) is 0 Å². The topological polar surface area (TPSA) is 35.5 Å². The third-order valence-electron chi connectivity index (χ3n) is 6.45. The first-order valence-corrected chi connectivity index (χ1v) is 10.4. The fraction of sp³-hybridized carbons (Fsp3) is 0.952. The first-order valence-electron chi connectivity index (χ1n) is 10.4. The Morgan fingerprint density at radius 1 is 0.958 bits per heavy atom. The zero-order valence-corrected chi connectivity index (χ0v) is 16.1. The third kappa shape index (κ3) is 5.97. The van der Waals surface area contributed by atoms with Crippen LogP contribution in [0.25, 0.3) is 0 Å². The summed E-state index contributed by atoms with van der Waals surface area (Å²) in [7, 11) is 0. The molecule has 0 saturated heterocycles. The summed E-state index contributed by atoms with van der Waals surface area (Å²) in [4.78, 5) is 11.6. The first-order chi connectivity index (χ1) is 11.6. The van der Waals surface area contributed by atoms with Crippen LogP contribution in [0.3, 0.4) is 0 Å². The molecule has 0 unspecified atom stereocenters. The second kappa shape index (κ2) is 9.68. The highest BCUT2D eigenvalue weighted by Gasteiger charge is 2.38. The second-order valence-electron chi connectivity index (χ2n) is 8.35. The van der Waals surface area contributed by atoms with Crippen LogP contribution in [0.5, 0.6) is 0 Å². The molecule has 0 bridgehead atoms. The summed E-state index contributed by atoms with van der Waals surface area (Å²) in [5.41, 5.74) is -0.305. The van der Waals surface area contributed by atoms with Gasteiger partial charge in [0.05, 0.1) is 6.61 Å². The Labute approximate surface area is 148 Å². The molecule has 0 aromatic heterocycles. The van der Waals surface area contributed by atoms with Gasteiger partial charge in [-0.1, -0.05) is 45.4 Å². The van der Waals surface area contributed by atoms with Gasteiger partial charge < -0.3 is 9.47 Å². The van der Waals surface area contributed by atoms with Crippen molar-refractivity contribution in [1.29, 1.82) is 0 Å². The van der Waals surface area contributed by atoms with Gasteiger partial charge in [-0.2, -0.15) is 0 Å². The lowest BCUT2D eigenvalue weighted by Gasteiger charge is -2.41. The van der Waals surface area contributed by atoms with Crippen LogP contribution in [0.1, 0.15) is 97.8 Å². The van der Waals surface area contributed by atoms with E-state index in [1.807, 2.05) is 6.92 Å². The van der Waals surface area contributed by atoms with E-state index >= 15 is 0 Å². The summed E-state index contributed by atoms with van der Waals surface area (Å²) in [6.45, 7) is 6.57. The van der Waals surface area contributed by atoms with Crippen LogP contribution in [0, 0.1) is 17.8 Å². The van der Waals surface area contributed by atoms with Gasteiger partial charge in [0, 0.05) is 0 Å². The summed E-state index contributed by atoms with van der Waals surface area (Å²) in [5.74, 6) is 2.76. The van der Waals surface area contributed by atoms with Crippen LogP contribution >= 0.6 is 0 Å². The smallest absolute Gasteiger partial charge is 0.435 e. The van der Waals surface area contributed by atoms with Gasteiger partial charge in [0.1, 0.15) is 5.60 Å². The summed E-state index contributed by atoms with van der Waals surface area (Å²) < 4.78 is 10.5. The standard InChI is InChI=1S/C21H38O3/c1-4-6-7-8-17-9-11-18(12-10-17)19-13-15-21(3,16-14-19)24-20(22)23-5-2/h17-19H,4-16H2,1-3H3. The monoisotopic (exact) mass is 338 g/mol. The summed E-state index contributed by atoms with van der Waals surface area (Å²) in [5, 5.41) is 0. The molecule has 24 heavy (non-hydrogen) atoms. The Bertz CT molecular complexity index is 363. The molecule has 3 heteroatoms. The second-order valence-corrected chi connectivity index (χ2v) is 8.35. The minimum atomic E-state index is -0.494. The molecule has 0 aliphatic heterocycles. The van der Waals surface area contributed by atoms with Gasteiger partial charge in [-0.3, -0.25) is 0 Å². The molecular weight excluding hydrogens is 300 g/mol. The van der Waals surface area contributed by atoms with Gasteiger partial charge in [-0.25, -0.2) is 4.79 Å². The Balaban J connectivity index is 1.68. The van der Waals surface area contributed by atoms with E-state index in [1.165, 1.54) is 64.2 Å². The van der Waals surface area contributed by atoms with Gasteiger partial charge in [0.25, 0.3) is 0 Å². The number of ether oxygens (including phenoxy) is 2. The molecule has 0 heterocycles. The zero-order chi connectivity index (χ0) is 17.4. The highest BCUT2D eigenvalue weighted by Crippen LogP contribution is 2.44. The van der Waals surface area contributed by atoms with Crippen molar-refractivity contribution in [1.82, 2.24) is 0 Å². The largest absolute Gasteiger partial charge is 0.508 e. The van der Waals surface area contributed by atoms with Crippen molar-refractivity contribution in [2.24, 2.45) is 17.8 Å². The molecule has 0 N–H and O–H groups in total. The number of carbonyl (C=O) groups excluding carboxylic acids is 1. The molecule has 2 rings (SSSR count). The lowest BCUT2D eigenvalue weighted by Crippen LogP contribution is -2.38. The highest BCUT2D eigenvalue weighted by atomic mass is 16.7. The number of carbonyl (C=O) groups is 1. The molecule has 2 fully saturated rings. The van der Waals surface area contributed by atoms with Crippen molar-refractivity contribution < 1.29 is 14.3 Å². The molecule has 140 valence electrons. The van der Waals surface area contributed by atoms with Crippen molar-refractivity contribution in [3.05, 3.63) is 0 Å². The van der Waals surface area contributed by atoms with Crippen molar-refractivity contribution >= 4 is 6.16 Å². The molecule has 2 aliphatic carbocycles. The highest BCUT2D eigenvalue weighted by molar-refractivity contribution is 5.60. The van der Waals surface area contributed by atoms with Gasteiger partial charge in [-0.05, 0) is 70.1 Å². The number of hydrogen-bond acceptors (Lipinski definition) is 3. The number of unbranched alkanes of at least 4 members (excludes halogenated alkanes) is 2. The van der Waals surface area contributed by atoms with Gasteiger partial charge in [0.2, 0.25) is 0 Å². The summed E-state index contributed by atoms with van der Waals surface area (Å²) >= 11 is 0. The van der Waals surface area contributed by atoms with Crippen molar-refractivity contribution in [3.8, 4) is 0 Å². The molecular formula is C21H38O3. The van der Waals surface area contributed by atoms with E-state index in [9.17, 15) is 4.79 Å². The van der Waals surface area contributed by atoms with Crippen LogP contribution in [0.2, 0.25) is 0 Å². The predicted molar refractivity (Wildman–Crippen MR) is 98.1 cm³/mol. The number of rotatable bonds is 7. The van der Waals surface area contributed by atoms with Crippen LogP contribution < -0.4 is 0 Å². The molecule has 0 atom stereocenters. The van der Waals surface area contributed by atoms with Crippen LogP contribution in [-0.2, 0) is 9.47 Å². The summed E-state index contributed by atoms with van der Waals surface area (Å²) in [6.07, 6.45) is 15.3. The molecule has 3 nitrogen and oxygen atoms in total. The summed E-state index contributed by atoms with van der Waals surface area (Å²) in [6, 6.07) is 0. The molecule has 0 radical (unpaired) electrons. The molecule has 0 aromatic carbocycles. The zero-order valence-electron chi connectivity index (χ0n) is 16.1. The van der Waals surface area contributed by atoms with Crippen molar-refractivity contribution in [2.45, 2.75) is 103 Å². The van der Waals surface area contributed by atoms with E-state index < -0.39 is 6.16 Å². The SMILES string of the molecule is CCCCCC1CCC(C2CCC(C)(OC(=O)OCC)CC2)CC1. The minimum Gasteiger partial charge on any atom is -0.435 e. The molecule has 0 amide bonds. The van der Waals surface area contributed by atoms with E-state index in [4.69, 9.17) is 9.47 Å². The fourth-order valence-corrected chi connectivity index (χ4v) is 4.80. The Morgan fingerprint density at radius 2 is 1.58 bits per heavy atom. The molecule has 2 saturated carbocycles. The van der Waals surface area contributed by atoms with E-state index in [1.54, 1.807) is 0 Å². The van der Waals surface area contributed by atoms with E-state index in [-0.39, 0.29) is 5.60 Å². The minimum absolute atomic E-state index is 0.305. The van der Waals surface area contributed by atoms with Gasteiger partial charge >= 0.3 is 6.16 Å². The van der Waals surface area contributed by atoms with E-state index in [0.29, 0.717) is 6.61 Å². The number of hydrogen-bond donors (Lipinski definition) is 0. The Morgan fingerprint density at radius 3 is 2.17 bits per heavy atom. The van der Waals surface area contributed by atoms with Crippen LogP contribution in [0.4, 0.5) is 4.79 Å². The van der Waals surface area contributed by atoms with Crippen LogP contribution in [-0.4, -0.2) is 18.4 Å². The van der Waals surface area contributed by atoms with E-state index in [0.717, 1.165) is 30.6 Å². The fourth-order valence-electron chi connectivity index (χ4n) is 4.80. The maximum atomic E-state index is 11.6. The van der Waals surface area contributed by atoms with Gasteiger partial charge in [-0.15, -0.1) is 0 Å². The molecule has 0 aromatic rings. The van der Waals surface area contributed by atoms with E-state index in [2.05, 4.69) is 13.8 Å². The molecule has 0 spiro atoms. The van der Waals surface area contributed by atoms with Crippen molar-refractivity contribution in [3.63, 3.8) is 0 Å². The normalized spacial score (nSPS) is 33.9. The third-order valence-corrected chi connectivity index (χ3v) is 6.45. The quantitative estimate of drug-likeness (QED) is 0.393. The lowest BCUT2D eigenvalue weighted by atomic mass is 9.68. The predicted octanol–water partition coefficient (Wildman–Crippen LogP) is 6.50. The maximum absolute atomic E-state index is 11.6. The first kappa shape index (κ1) is 19.6. The average molecular weight is 339 g/mol. The molecule has 2 aliphatic rings. The lowest BCUT2D eigenvalue weighted by molar-refractivity contribution is -0.0553. The Kier molecular flexibility index (Phi) is 7.90. The Hall–Kier alpha value is -0.730. The van der Waals surface area contributed by atoms with Crippen molar-refractivity contribution in [2.75, 3.05) is 6.61 Å². The maximum Gasteiger partial charge on any atom is 0.508 e. The van der Waals surface area contributed by atoms with Gasteiger partial charge in [0.15, 0.2) is 0 Å². The average Bonchev–Trinajstić information content (AvgIpc) is 2.56.